The number of anilines is 1. The molecule has 2 heterocycles. The Labute approximate surface area is 169 Å². The van der Waals surface area contributed by atoms with Gasteiger partial charge < -0.3 is 10.3 Å². The first-order chi connectivity index (χ1) is 14.0. The molecule has 2 aromatic heterocycles. The van der Waals surface area contributed by atoms with Crippen molar-refractivity contribution < 1.29 is 8.42 Å². The number of para-hydroxylation sites is 2. The molecule has 4 aromatic rings. The van der Waals surface area contributed by atoms with Crippen LogP contribution in [0.25, 0.3) is 22.2 Å². The lowest BCUT2D eigenvalue weighted by atomic mass is 10.2. The van der Waals surface area contributed by atoms with Crippen molar-refractivity contribution in [2.45, 2.75) is 48.4 Å². The lowest BCUT2D eigenvalue weighted by Gasteiger charge is -2.15. The number of sulfone groups is 1. The molecular formula is C22H22N4O2S. The zero-order valence-electron chi connectivity index (χ0n) is 16.2. The quantitative estimate of drug-likeness (QED) is 0.544. The summed E-state index contributed by atoms with van der Waals surface area (Å²) in [7, 11) is -3.84. The van der Waals surface area contributed by atoms with E-state index < -0.39 is 9.84 Å². The Morgan fingerprint density at radius 2 is 1.59 bits per heavy atom. The van der Waals surface area contributed by atoms with Crippen LogP contribution in [0.4, 0.5) is 5.82 Å². The Bertz CT molecular complexity index is 1340. The third-order valence-electron chi connectivity index (χ3n) is 5.78. The van der Waals surface area contributed by atoms with E-state index in [1.807, 2.05) is 35.8 Å². The molecule has 0 spiro atoms. The predicted octanol–water partition coefficient (Wildman–Crippen LogP) is 4.42. The van der Waals surface area contributed by atoms with E-state index in [1.54, 1.807) is 24.3 Å². The van der Waals surface area contributed by atoms with Crippen LogP contribution in [0.2, 0.25) is 0 Å². The number of benzene rings is 2. The van der Waals surface area contributed by atoms with Crippen molar-refractivity contribution in [3.05, 3.63) is 54.1 Å². The molecule has 1 aliphatic carbocycles. The molecule has 7 heteroatoms. The fourth-order valence-corrected chi connectivity index (χ4v) is 5.78. The molecule has 0 radical (unpaired) electrons. The molecule has 0 aliphatic heterocycles. The number of nitrogens with two attached hydrogens (primary N) is 1. The molecule has 6 nitrogen and oxygen atoms in total. The zero-order chi connectivity index (χ0) is 20.2. The zero-order valence-corrected chi connectivity index (χ0v) is 17.0. The summed E-state index contributed by atoms with van der Waals surface area (Å²) in [6.07, 6.45) is 4.13. The van der Waals surface area contributed by atoms with E-state index in [-0.39, 0.29) is 21.7 Å². The van der Waals surface area contributed by atoms with E-state index in [2.05, 4.69) is 0 Å². The van der Waals surface area contributed by atoms with Gasteiger partial charge in [-0.25, -0.2) is 18.4 Å². The molecule has 148 valence electrons. The highest BCUT2D eigenvalue weighted by Gasteiger charge is 2.33. The highest BCUT2D eigenvalue weighted by atomic mass is 32.2. The van der Waals surface area contributed by atoms with Gasteiger partial charge in [0, 0.05) is 6.04 Å². The molecule has 0 amide bonds. The topological polar surface area (TPSA) is 90.9 Å². The van der Waals surface area contributed by atoms with E-state index in [9.17, 15) is 8.42 Å². The molecule has 1 saturated carbocycles. The molecule has 29 heavy (non-hydrogen) atoms. The van der Waals surface area contributed by atoms with E-state index in [0.717, 1.165) is 36.8 Å². The van der Waals surface area contributed by atoms with E-state index in [0.29, 0.717) is 16.7 Å². The third-order valence-corrected chi connectivity index (χ3v) is 7.61. The predicted molar refractivity (Wildman–Crippen MR) is 114 cm³/mol. The van der Waals surface area contributed by atoms with Gasteiger partial charge >= 0.3 is 0 Å². The van der Waals surface area contributed by atoms with Gasteiger partial charge in [0.2, 0.25) is 9.84 Å². The van der Waals surface area contributed by atoms with E-state index in [4.69, 9.17) is 15.7 Å². The van der Waals surface area contributed by atoms with Crippen LogP contribution in [0.3, 0.4) is 0 Å². The van der Waals surface area contributed by atoms with Crippen LogP contribution in [0.15, 0.2) is 58.3 Å². The number of fused-ring (bicyclic) bond motifs is 2. The van der Waals surface area contributed by atoms with Crippen LogP contribution >= 0.6 is 0 Å². The lowest BCUT2D eigenvalue weighted by molar-refractivity contribution is 0.536. The molecule has 0 atom stereocenters. The van der Waals surface area contributed by atoms with Gasteiger partial charge in [-0.05, 0) is 44.0 Å². The van der Waals surface area contributed by atoms with Crippen LogP contribution in [-0.2, 0) is 9.84 Å². The van der Waals surface area contributed by atoms with Gasteiger partial charge in [0.15, 0.2) is 5.65 Å². The van der Waals surface area contributed by atoms with Crippen molar-refractivity contribution in [1.29, 1.82) is 0 Å². The summed E-state index contributed by atoms with van der Waals surface area (Å²) in [5.41, 5.74) is 9.81. The first kappa shape index (κ1) is 18.1. The van der Waals surface area contributed by atoms with Gasteiger partial charge in [0.05, 0.1) is 15.9 Å². The number of rotatable bonds is 3. The van der Waals surface area contributed by atoms with E-state index in [1.165, 1.54) is 0 Å². The molecular weight excluding hydrogens is 384 g/mol. The molecule has 0 unspecified atom stereocenters. The average molecular weight is 407 g/mol. The number of nitrogens with zero attached hydrogens (tertiary/aromatic N) is 3. The van der Waals surface area contributed by atoms with Gasteiger partial charge in [0.25, 0.3) is 0 Å². The third kappa shape index (κ3) is 2.80. The van der Waals surface area contributed by atoms with Gasteiger partial charge in [-0.3, -0.25) is 0 Å². The highest BCUT2D eigenvalue weighted by Crippen LogP contribution is 2.41. The van der Waals surface area contributed by atoms with Crippen molar-refractivity contribution >= 4 is 37.9 Å². The SMILES string of the molecule is Cc1ccc(S(=O)(=O)c2c(N)n(C3CCCC3)c3nc4ccccc4nc23)cc1. The monoisotopic (exact) mass is 406 g/mol. The van der Waals surface area contributed by atoms with Crippen LogP contribution in [0.1, 0.15) is 37.3 Å². The van der Waals surface area contributed by atoms with Crippen molar-refractivity contribution in [2.75, 3.05) is 5.73 Å². The fraction of sp³-hybridized carbons (Fsp3) is 0.273. The van der Waals surface area contributed by atoms with E-state index >= 15 is 0 Å². The summed E-state index contributed by atoms with van der Waals surface area (Å²) >= 11 is 0. The Hall–Kier alpha value is -2.93. The number of aromatic nitrogens is 3. The van der Waals surface area contributed by atoms with Gasteiger partial charge in [0.1, 0.15) is 16.2 Å². The number of aryl methyl sites for hydroxylation is 1. The summed E-state index contributed by atoms with van der Waals surface area (Å²) in [6, 6.07) is 14.5. The summed E-state index contributed by atoms with van der Waals surface area (Å²) in [6.45, 7) is 1.92. The molecule has 2 N–H and O–H groups in total. The summed E-state index contributed by atoms with van der Waals surface area (Å²) < 4.78 is 29.1. The number of hydrogen-bond donors (Lipinski definition) is 1. The second-order valence-electron chi connectivity index (χ2n) is 7.72. The van der Waals surface area contributed by atoms with Gasteiger partial charge in [-0.15, -0.1) is 0 Å². The Kier molecular flexibility index (Phi) is 4.10. The summed E-state index contributed by atoms with van der Waals surface area (Å²) in [4.78, 5) is 9.77. The molecule has 1 aliphatic rings. The van der Waals surface area contributed by atoms with Crippen molar-refractivity contribution in [3.63, 3.8) is 0 Å². The second kappa shape index (κ2) is 6.56. The van der Waals surface area contributed by atoms with Crippen LogP contribution in [-0.4, -0.2) is 23.0 Å². The second-order valence-corrected chi connectivity index (χ2v) is 9.61. The number of nitrogen functional groups attached to an aromatic ring is 1. The summed E-state index contributed by atoms with van der Waals surface area (Å²) in [5, 5.41) is 0. The van der Waals surface area contributed by atoms with Gasteiger partial charge in [-0.2, -0.15) is 0 Å². The maximum absolute atomic E-state index is 13.6. The molecule has 2 aromatic carbocycles. The summed E-state index contributed by atoms with van der Waals surface area (Å²) in [5.74, 6) is 0.239. The van der Waals surface area contributed by atoms with Crippen molar-refractivity contribution in [1.82, 2.24) is 14.5 Å². The minimum atomic E-state index is -3.84. The van der Waals surface area contributed by atoms with Gasteiger partial charge in [-0.1, -0.05) is 42.7 Å². The smallest absolute Gasteiger partial charge is 0.212 e. The average Bonchev–Trinajstić information content (AvgIpc) is 3.31. The molecule has 0 saturated heterocycles. The molecule has 5 rings (SSSR count). The Morgan fingerprint density at radius 3 is 2.24 bits per heavy atom. The molecule has 1 fully saturated rings. The van der Waals surface area contributed by atoms with Crippen LogP contribution < -0.4 is 5.73 Å². The normalized spacial score (nSPS) is 15.5. The van der Waals surface area contributed by atoms with Crippen molar-refractivity contribution in [3.8, 4) is 0 Å². The number of hydrogen-bond acceptors (Lipinski definition) is 5. The van der Waals surface area contributed by atoms with Crippen LogP contribution in [0.5, 0.6) is 0 Å². The lowest BCUT2D eigenvalue weighted by Crippen LogP contribution is -2.11. The maximum Gasteiger partial charge on any atom is 0.212 e. The molecule has 0 bridgehead atoms. The highest BCUT2D eigenvalue weighted by molar-refractivity contribution is 7.92. The first-order valence-corrected chi connectivity index (χ1v) is 11.3. The Morgan fingerprint density at radius 1 is 0.966 bits per heavy atom. The largest absolute Gasteiger partial charge is 0.384 e. The minimum absolute atomic E-state index is 0.0708. The minimum Gasteiger partial charge on any atom is -0.384 e. The first-order valence-electron chi connectivity index (χ1n) is 9.85. The maximum atomic E-state index is 13.6. The Balaban J connectivity index is 1.86. The van der Waals surface area contributed by atoms with Crippen molar-refractivity contribution in [2.24, 2.45) is 0 Å². The van der Waals surface area contributed by atoms with Crippen LogP contribution in [0, 0.1) is 6.92 Å². The standard InChI is InChI=1S/C22H22N4O2S/c1-14-10-12-16(13-11-14)29(27,28)20-19-22(25-18-9-5-4-8-17(18)24-19)26(21(20)23)15-6-2-3-7-15/h4-5,8-13,15H,2-3,6-7,23H2,1H3. The fourth-order valence-electron chi connectivity index (χ4n) is 4.29.